The fourth-order valence-electron chi connectivity index (χ4n) is 4.13. The molecule has 0 spiro atoms. The molecule has 27 heavy (non-hydrogen) atoms. The molecule has 0 aliphatic heterocycles. The third-order valence-corrected chi connectivity index (χ3v) is 5.81. The van der Waals surface area contributed by atoms with E-state index in [-0.39, 0.29) is 11.2 Å². The number of anilines is 1. The molecule has 0 radical (unpaired) electrons. The second kappa shape index (κ2) is 9.20. The summed E-state index contributed by atoms with van der Waals surface area (Å²) in [6, 6.07) is 2.22. The summed E-state index contributed by atoms with van der Waals surface area (Å²) >= 11 is 0. The van der Waals surface area contributed by atoms with Gasteiger partial charge in [-0.1, -0.05) is 57.8 Å². The van der Waals surface area contributed by atoms with Crippen molar-refractivity contribution in [1.82, 2.24) is 14.1 Å². The van der Waals surface area contributed by atoms with Crippen LogP contribution in [-0.2, 0) is 14.1 Å². The normalized spacial score (nSPS) is 18.0. The van der Waals surface area contributed by atoms with Crippen molar-refractivity contribution in [3.05, 3.63) is 33.1 Å². The monoisotopic (exact) mass is 372 g/mol. The Kier molecular flexibility index (Phi) is 6.69. The molecule has 1 N–H and O–H groups in total. The molecule has 0 bridgehead atoms. The molecule has 148 valence electrons. The molecule has 1 aliphatic rings. The molecule has 0 atom stereocenters. The van der Waals surface area contributed by atoms with E-state index in [1.165, 1.54) is 69.4 Å². The maximum atomic E-state index is 12.7. The number of aryl methyl sites for hydroxylation is 1. The number of hydrogen-bond donors (Lipinski definition) is 1. The van der Waals surface area contributed by atoms with Crippen molar-refractivity contribution in [3.8, 4) is 0 Å². The van der Waals surface area contributed by atoms with Crippen LogP contribution >= 0.6 is 0 Å². The van der Waals surface area contributed by atoms with Gasteiger partial charge in [0, 0.05) is 26.3 Å². The first-order chi connectivity index (χ1) is 13.1. The number of fused-ring (bicyclic) bond motifs is 1. The Hall–Kier alpha value is -2.11. The Morgan fingerprint density at radius 2 is 1.44 bits per heavy atom. The predicted molar refractivity (Wildman–Crippen MR) is 110 cm³/mol. The van der Waals surface area contributed by atoms with Crippen LogP contribution in [0.2, 0.25) is 0 Å². The second-order valence-corrected chi connectivity index (χ2v) is 7.86. The number of nitrogens with zero attached hydrogens (tertiary/aromatic N) is 3. The molecule has 3 rings (SSSR count). The van der Waals surface area contributed by atoms with Crippen molar-refractivity contribution in [3.63, 3.8) is 0 Å². The molecular weight excluding hydrogens is 340 g/mol. The largest absolute Gasteiger partial charge is 0.382 e. The average Bonchev–Trinajstić information content (AvgIpc) is 2.66. The van der Waals surface area contributed by atoms with Crippen molar-refractivity contribution in [1.29, 1.82) is 0 Å². The molecule has 1 saturated carbocycles. The Morgan fingerprint density at radius 1 is 0.889 bits per heavy atom. The van der Waals surface area contributed by atoms with Gasteiger partial charge in [0.05, 0.1) is 5.69 Å². The molecule has 2 aromatic heterocycles. The van der Waals surface area contributed by atoms with Crippen molar-refractivity contribution in [2.45, 2.75) is 76.7 Å². The fraction of sp³-hybridized carbons (Fsp3) is 0.667. The molecule has 6 nitrogen and oxygen atoms in total. The summed E-state index contributed by atoms with van der Waals surface area (Å²) in [5.74, 6) is 0. The van der Waals surface area contributed by atoms with Crippen LogP contribution in [0.1, 0.15) is 70.6 Å². The van der Waals surface area contributed by atoms with Gasteiger partial charge >= 0.3 is 5.69 Å². The zero-order chi connectivity index (χ0) is 19.2. The number of rotatable bonds is 2. The van der Waals surface area contributed by atoms with Gasteiger partial charge in [-0.15, -0.1) is 0 Å². The van der Waals surface area contributed by atoms with Gasteiger partial charge in [0.2, 0.25) is 0 Å². The standard InChI is InChI=1S/C21H32N4O2/c1-24-19-18(20(26)25(2)21(24)27)17(14-15-22-19)23-16-12-10-8-6-4-3-5-7-9-11-13-16/h14-16H,3-13H2,1-2H3,(H,22,23). The Morgan fingerprint density at radius 3 is 2.04 bits per heavy atom. The van der Waals surface area contributed by atoms with Crippen LogP contribution in [0.25, 0.3) is 11.0 Å². The highest BCUT2D eigenvalue weighted by Gasteiger charge is 2.16. The lowest BCUT2D eigenvalue weighted by atomic mass is 9.97. The zero-order valence-electron chi connectivity index (χ0n) is 16.7. The molecule has 2 aromatic rings. The van der Waals surface area contributed by atoms with E-state index < -0.39 is 0 Å². The van der Waals surface area contributed by atoms with Crippen LogP contribution in [0.4, 0.5) is 5.69 Å². The number of aromatic nitrogens is 3. The first kappa shape index (κ1) is 19.6. The molecule has 6 heteroatoms. The van der Waals surface area contributed by atoms with Crippen molar-refractivity contribution < 1.29 is 0 Å². The van der Waals surface area contributed by atoms with E-state index in [1.54, 1.807) is 13.2 Å². The SMILES string of the molecule is Cn1c(=O)c2c(NC3CCCCCCCCCCC3)ccnc2n(C)c1=O. The Labute approximate surface area is 160 Å². The first-order valence-corrected chi connectivity index (χ1v) is 10.4. The van der Waals surface area contributed by atoms with Gasteiger partial charge in [0.1, 0.15) is 5.39 Å². The number of pyridine rings is 1. The Bertz CT molecular complexity index is 872. The predicted octanol–water partition coefficient (Wildman–Crippen LogP) is 3.72. The summed E-state index contributed by atoms with van der Waals surface area (Å²) in [6.45, 7) is 0. The van der Waals surface area contributed by atoms with Crippen molar-refractivity contribution in [2.75, 3.05) is 5.32 Å². The van der Waals surface area contributed by atoms with E-state index in [0.717, 1.165) is 23.1 Å². The maximum Gasteiger partial charge on any atom is 0.332 e. The summed E-state index contributed by atoms with van der Waals surface area (Å²) in [5, 5.41) is 4.13. The smallest absolute Gasteiger partial charge is 0.332 e. The summed E-state index contributed by atoms with van der Waals surface area (Å²) in [6.07, 6.45) is 15.7. The number of hydrogen-bond acceptors (Lipinski definition) is 4. The minimum atomic E-state index is -0.344. The number of nitrogens with one attached hydrogen (secondary N) is 1. The highest BCUT2D eigenvalue weighted by atomic mass is 16.2. The van der Waals surface area contributed by atoms with Crippen LogP contribution in [0, 0.1) is 0 Å². The van der Waals surface area contributed by atoms with E-state index in [4.69, 9.17) is 0 Å². The lowest BCUT2D eigenvalue weighted by molar-refractivity contribution is 0.480. The molecule has 0 unspecified atom stereocenters. The van der Waals surface area contributed by atoms with E-state index in [0.29, 0.717) is 17.1 Å². The fourth-order valence-corrected chi connectivity index (χ4v) is 4.13. The van der Waals surface area contributed by atoms with Gasteiger partial charge in [-0.25, -0.2) is 9.78 Å². The highest BCUT2D eigenvalue weighted by Crippen LogP contribution is 2.23. The second-order valence-electron chi connectivity index (χ2n) is 7.86. The molecule has 1 aliphatic carbocycles. The molecule has 0 aromatic carbocycles. The highest BCUT2D eigenvalue weighted by molar-refractivity contribution is 5.88. The summed E-state index contributed by atoms with van der Waals surface area (Å²) in [7, 11) is 3.19. The van der Waals surface area contributed by atoms with Crippen molar-refractivity contribution in [2.24, 2.45) is 14.1 Å². The van der Waals surface area contributed by atoms with E-state index in [2.05, 4.69) is 10.3 Å². The van der Waals surface area contributed by atoms with E-state index >= 15 is 0 Å². The third kappa shape index (κ3) is 4.60. The minimum absolute atomic E-state index is 0.281. The average molecular weight is 373 g/mol. The molecule has 0 amide bonds. The van der Waals surface area contributed by atoms with Gasteiger partial charge in [-0.2, -0.15) is 0 Å². The maximum absolute atomic E-state index is 12.7. The van der Waals surface area contributed by atoms with Crippen LogP contribution in [0.15, 0.2) is 21.9 Å². The summed E-state index contributed by atoms with van der Waals surface area (Å²) < 4.78 is 2.61. The molecule has 0 saturated heterocycles. The van der Waals surface area contributed by atoms with Gasteiger partial charge < -0.3 is 5.32 Å². The third-order valence-electron chi connectivity index (χ3n) is 5.81. The quantitative estimate of drug-likeness (QED) is 0.872. The zero-order valence-corrected chi connectivity index (χ0v) is 16.7. The lowest BCUT2D eigenvalue weighted by Gasteiger charge is -2.22. The van der Waals surface area contributed by atoms with Crippen LogP contribution in [-0.4, -0.2) is 20.2 Å². The van der Waals surface area contributed by atoms with E-state index in [1.807, 2.05) is 6.07 Å². The van der Waals surface area contributed by atoms with Gasteiger partial charge in [0.15, 0.2) is 5.65 Å². The summed E-state index contributed by atoms with van der Waals surface area (Å²) in [5.41, 5.74) is 0.620. The molecule has 2 heterocycles. The van der Waals surface area contributed by atoms with Gasteiger partial charge in [-0.05, 0) is 18.9 Å². The minimum Gasteiger partial charge on any atom is -0.382 e. The summed E-state index contributed by atoms with van der Waals surface area (Å²) in [4.78, 5) is 29.2. The Balaban J connectivity index is 1.87. The topological polar surface area (TPSA) is 68.9 Å². The van der Waals surface area contributed by atoms with Crippen LogP contribution in [0.3, 0.4) is 0 Å². The van der Waals surface area contributed by atoms with Gasteiger partial charge in [0.25, 0.3) is 5.56 Å². The van der Waals surface area contributed by atoms with Crippen LogP contribution in [0.5, 0.6) is 0 Å². The van der Waals surface area contributed by atoms with Crippen molar-refractivity contribution >= 4 is 16.7 Å². The molecular formula is C21H32N4O2. The van der Waals surface area contributed by atoms with Gasteiger partial charge in [-0.3, -0.25) is 13.9 Å². The lowest BCUT2D eigenvalue weighted by Crippen LogP contribution is -2.37. The molecule has 1 fully saturated rings. The first-order valence-electron chi connectivity index (χ1n) is 10.4. The van der Waals surface area contributed by atoms with E-state index in [9.17, 15) is 9.59 Å². The van der Waals surface area contributed by atoms with Crippen LogP contribution < -0.4 is 16.6 Å².